The van der Waals surface area contributed by atoms with Crippen LogP contribution in [0.3, 0.4) is 0 Å². The fourth-order valence-corrected chi connectivity index (χ4v) is 2.84. The van der Waals surface area contributed by atoms with Gasteiger partial charge in [0, 0.05) is 24.3 Å². The maximum atomic E-state index is 10.8. The van der Waals surface area contributed by atoms with Crippen LogP contribution in [0.15, 0.2) is 18.2 Å². The lowest BCUT2D eigenvalue weighted by atomic mass is 9.75. The Labute approximate surface area is 140 Å². The van der Waals surface area contributed by atoms with Gasteiger partial charge in [-0.05, 0) is 36.1 Å². The predicted octanol–water partition coefficient (Wildman–Crippen LogP) is 2.81. The second-order valence-electron chi connectivity index (χ2n) is 5.28. The van der Waals surface area contributed by atoms with Crippen molar-refractivity contribution in [2.75, 3.05) is 13.2 Å². The van der Waals surface area contributed by atoms with Crippen molar-refractivity contribution in [2.24, 2.45) is 5.73 Å². The molecule has 1 fully saturated rings. The minimum Gasteiger partial charge on any atom is -0.481 e. The molecule has 1 aromatic carbocycles. The summed E-state index contributed by atoms with van der Waals surface area (Å²) in [5, 5.41) is 18.9. The third-order valence-electron chi connectivity index (χ3n) is 3.86. The Morgan fingerprint density at radius 2 is 2.09 bits per heavy atom. The largest absolute Gasteiger partial charge is 0.481 e. The molecule has 1 atom stereocenters. The Bertz CT molecular complexity index is 581. The molecular weight excluding hydrogens is 327 g/mol. The van der Waals surface area contributed by atoms with Gasteiger partial charge in [-0.2, -0.15) is 5.26 Å². The number of carboxylic acids is 1. The fourth-order valence-electron chi connectivity index (χ4n) is 2.59. The van der Waals surface area contributed by atoms with Crippen molar-refractivity contribution in [3.05, 3.63) is 34.3 Å². The van der Waals surface area contributed by atoms with Gasteiger partial charge in [0.25, 0.3) is 0 Å². The summed E-state index contributed by atoms with van der Waals surface area (Å²) in [7, 11) is 0. The Hall–Kier alpha value is -1.32. The van der Waals surface area contributed by atoms with E-state index in [-0.39, 0.29) is 18.8 Å². The van der Waals surface area contributed by atoms with Crippen LogP contribution in [0, 0.1) is 11.3 Å². The van der Waals surface area contributed by atoms with Crippen LogP contribution >= 0.6 is 24.0 Å². The van der Waals surface area contributed by atoms with E-state index in [1.165, 1.54) is 0 Å². The summed E-state index contributed by atoms with van der Waals surface area (Å²) >= 11 is 6.13. The molecule has 2 rings (SSSR count). The van der Waals surface area contributed by atoms with E-state index in [1.807, 2.05) is 0 Å². The number of nitrogens with two attached hydrogens (primary N) is 1. The van der Waals surface area contributed by atoms with Crippen LogP contribution < -0.4 is 5.73 Å². The van der Waals surface area contributed by atoms with Gasteiger partial charge in [-0.15, -0.1) is 12.4 Å². The highest BCUT2D eigenvalue weighted by Crippen LogP contribution is 2.36. The van der Waals surface area contributed by atoms with Crippen LogP contribution in [-0.4, -0.2) is 24.3 Å². The lowest BCUT2D eigenvalue weighted by Gasteiger charge is -2.31. The molecular formula is C15H18Cl2N2O3. The second kappa shape index (κ2) is 7.80. The number of nitrogens with zero attached hydrogens (tertiary/aromatic N) is 1. The molecule has 22 heavy (non-hydrogen) atoms. The Morgan fingerprint density at radius 3 is 2.64 bits per heavy atom. The molecule has 0 aromatic heterocycles. The quantitative estimate of drug-likeness (QED) is 0.875. The van der Waals surface area contributed by atoms with E-state index in [1.54, 1.807) is 18.2 Å². The molecule has 0 saturated carbocycles. The van der Waals surface area contributed by atoms with E-state index in [2.05, 4.69) is 6.07 Å². The summed E-state index contributed by atoms with van der Waals surface area (Å²) in [5.74, 6) is -0.968. The van der Waals surface area contributed by atoms with E-state index in [4.69, 9.17) is 27.2 Å². The summed E-state index contributed by atoms with van der Waals surface area (Å²) in [6, 6.07) is 6.94. The lowest BCUT2D eigenvalue weighted by Crippen LogP contribution is -2.32. The van der Waals surface area contributed by atoms with Crippen molar-refractivity contribution < 1.29 is 14.6 Å². The summed E-state index contributed by atoms with van der Waals surface area (Å²) in [4.78, 5) is 10.8. The SMILES string of the molecule is Cl.N#CC1(c2cc(Cl)cc(C(N)CC(=O)O)c2)CCOCC1. The normalized spacial score (nSPS) is 17.9. The number of carbonyl (C=O) groups is 1. The number of ether oxygens (including phenoxy) is 1. The van der Waals surface area contributed by atoms with Crippen molar-refractivity contribution >= 4 is 30.0 Å². The molecule has 0 aliphatic carbocycles. The third-order valence-corrected chi connectivity index (χ3v) is 4.07. The minimum absolute atomic E-state index is 0. The molecule has 120 valence electrons. The summed E-state index contributed by atoms with van der Waals surface area (Å²) < 4.78 is 5.32. The Balaban J connectivity index is 0.00000242. The zero-order valence-corrected chi connectivity index (χ0v) is 13.5. The molecule has 3 N–H and O–H groups in total. The van der Waals surface area contributed by atoms with Gasteiger partial charge in [0.2, 0.25) is 0 Å². The number of aliphatic carboxylic acids is 1. The van der Waals surface area contributed by atoms with E-state index >= 15 is 0 Å². The summed E-state index contributed by atoms with van der Waals surface area (Å²) in [6.07, 6.45) is 1.01. The van der Waals surface area contributed by atoms with Crippen molar-refractivity contribution in [3.8, 4) is 6.07 Å². The first-order chi connectivity index (χ1) is 9.97. The number of halogens is 2. The number of hydrogen-bond acceptors (Lipinski definition) is 4. The average Bonchev–Trinajstić information content (AvgIpc) is 2.46. The van der Waals surface area contributed by atoms with Crippen molar-refractivity contribution in [1.29, 1.82) is 5.26 Å². The zero-order chi connectivity index (χ0) is 15.5. The van der Waals surface area contributed by atoms with Gasteiger partial charge in [0.15, 0.2) is 0 Å². The summed E-state index contributed by atoms with van der Waals surface area (Å²) in [5.41, 5.74) is 6.69. The molecule has 1 saturated heterocycles. The fraction of sp³-hybridized carbons (Fsp3) is 0.467. The molecule has 0 bridgehead atoms. The van der Waals surface area contributed by atoms with Crippen LogP contribution in [0.25, 0.3) is 0 Å². The molecule has 1 heterocycles. The van der Waals surface area contributed by atoms with Crippen molar-refractivity contribution in [2.45, 2.75) is 30.7 Å². The number of hydrogen-bond donors (Lipinski definition) is 2. The number of rotatable bonds is 4. The molecule has 5 nitrogen and oxygen atoms in total. The van der Waals surface area contributed by atoms with Crippen LogP contribution in [0.2, 0.25) is 5.02 Å². The van der Waals surface area contributed by atoms with Crippen molar-refractivity contribution in [1.82, 2.24) is 0 Å². The van der Waals surface area contributed by atoms with Gasteiger partial charge in [-0.1, -0.05) is 17.7 Å². The van der Waals surface area contributed by atoms with Gasteiger partial charge >= 0.3 is 5.97 Å². The maximum absolute atomic E-state index is 10.8. The Kier molecular flexibility index (Phi) is 6.64. The van der Waals surface area contributed by atoms with Crippen LogP contribution in [0.1, 0.15) is 36.4 Å². The molecule has 0 spiro atoms. The average molecular weight is 345 g/mol. The molecule has 0 radical (unpaired) electrons. The highest BCUT2D eigenvalue weighted by Gasteiger charge is 2.35. The van der Waals surface area contributed by atoms with Crippen LogP contribution in [0.4, 0.5) is 0 Å². The molecule has 1 aromatic rings. The van der Waals surface area contributed by atoms with E-state index in [0.29, 0.717) is 36.6 Å². The van der Waals surface area contributed by atoms with Crippen LogP contribution in [0.5, 0.6) is 0 Å². The first kappa shape index (κ1) is 18.7. The van der Waals surface area contributed by atoms with E-state index < -0.39 is 17.4 Å². The first-order valence-corrected chi connectivity index (χ1v) is 7.12. The standard InChI is InChI=1S/C15H17ClN2O3.ClH/c16-12-6-10(13(18)8-14(19)20)5-11(7-12)15(9-17)1-3-21-4-2-15;/h5-7,13H,1-4,8,18H2,(H,19,20);1H. The highest BCUT2D eigenvalue weighted by molar-refractivity contribution is 6.30. The Morgan fingerprint density at radius 1 is 1.45 bits per heavy atom. The third kappa shape index (κ3) is 4.11. The smallest absolute Gasteiger partial charge is 0.305 e. The van der Waals surface area contributed by atoms with Gasteiger partial charge in [0.05, 0.1) is 17.9 Å². The molecule has 0 amide bonds. The number of nitriles is 1. The van der Waals surface area contributed by atoms with Crippen molar-refractivity contribution in [3.63, 3.8) is 0 Å². The first-order valence-electron chi connectivity index (χ1n) is 6.74. The van der Waals surface area contributed by atoms with Crippen LogP contribution in [-0.2, 0) is 14.9 Å². The van der Waals surface area contributed by atoms with E-state index in [9.17, 15) is 10.1 Å². The van der Waals surface area contributed by atoms with Gasteiger partial charge in [0.1, 0.15) is 0 Å². The topological polar surface area (TPSA) is 96.3 Å². The molecule has 1 aliphatic rings. The monoisotopic (exact) mass is 344 g/mol. The molecule has 7 heteroatoms. The highest BCUT2D eigenvalue weighted by atomic mass is 35.5. The predicted molar refractivity (Wildman–Crippen MR) is 85.2 cm³/mol. The van der Waals surface area contributed by atoms with Gasteiger partial charge in [-0.3, -0.25) is 4.79 Å². The van der Waals surface area contributed by atoms with Gasteiger partial charge in [-0.25, -0.2) is 0 Å². The second-order valence-corrected chi connectivity index (χ2v) is 5.72. The lowest BCUT2D eigenvalue weighted by molar-refractivity contribution is -0.137. The zero-order valence-electron chi connectivity index (χ0n) is 11.9. The minimum atomic E-state index is -0.968. The maximum Gasteiger partial charge on any atom is 0.305 e. The number of carboxylic acid groups (broad SMARTS) is 1. The molecule has 1 aliphatic heterocycles. The number of benzene rings is 1. The summed E-state index contributed by atoms with van der Waals surface area (Å²) in [6.45, 7) is 1.05. The van der Waals surface area contributed by atoms with E-state index in [0.717, 1.165) is 5.56 Å². The molecule has 1 unspecified atom stereocenters. The van der Waals surface area contributed by atoms with Gasteiger partial charge < -0.3 is 15.6 Å².